The second kappa shape index (κ2) is 4.19. The van der Waals surface area contributed by atoms with E-state index in [-0.39, 0.29) is 12.4 Å². The molecule has 1 fully saturated rings. The number of hydrogen-bond donors (Lipinski definition) is 1. The van der Waals surface area contributed by atoms with E-state index in [9.17, 15) is 0 Å². The Balaban J connectivity index is 0.000000810. The molecule has 0 spiro atoms. The Morgan fingerprint density at radius 2 is 1.90 bits per heavy atom. The zero-order chi connectivity index (χ0) is 6.91. The minimum absolute atomic E-state index is 0. The average molecular weight is 226 g/mol. The monoisotopic (exact) mass is 224 g/mol. The minimum atomic E-state index is -1.15. The van der Waals surface area contributed by atoms with Gasteiger partial charge in [0.2, 0.25) is 6.23 Å². The van der Waals surface area contributed by atoms with Crippen molar-refractivity contribution in [1.29, 1.82) is 0 Å². The smallest absolute Gasteiger partial charge is 0.208 e. The number of hydrogen-bond acceptors (Lipinski definition) is 2. The Labute approximate surface area is 80.5 Å². The van der Waals surface area contributed by atoms with Crippen LogP contribution in [0, 0.1) is 6.23 Å². The molecule has 0 aliphatic carbocycles. The van der Waals surface area contributed by atoms with Gasteiger partial charge < -0.3 is 0 Å². The van der Waals surface area contributed by atoms with Gasteiger partial charge in [0.05, 0.1) is 0 Å². The van der Waals surface area contributed by atoms with Gasteiger partial charge in [-0.15, -0.1) is 12.4 Å². The second-order valence-corrected chi connectivity index (χ2v) is 4.26. The molecule has 0 atom stereocenters. The molecule has 0 aromatic rings. The van der Waals surface area contributed by atoms with E-state index in [0.29, 0.717) is 12.8 Å². The molecule has 2 nitrogen and oxygen atoms in total. The molecule has 1 aliphatic heterocycles. The van der Waals surface area contributed by atoms with Gasteiger partial charge in [-0.1, -0.05) is 34.8 Å². The van der Waals surface area contributed by atoms with E-state index in [1.807, 2.05) is 0 Å². The van der Waals surface area contributed by atoms with Crippen LogP contribution >= 0.6 is 47.2 Å². The van der Waals surface area contributed by atoms with Gasteiger partial charge >= 0.3 is 0 Å². The molecule has 1 radical (unpaired) electrons. The first-order chi connectivity index (χ1) is 4.08. The summed E-state index contributed by atoms with van der Waals surface area (Å²) < 4.78 is -1.15. The van der Waals surface area contributed by atoms with E-state index >= 15 is 0 Å². The Kier molecular flexibility index (Phi) is 4.64. The third kappa shape index (κ3) is 5.83. The van der Waals surface area contributed by atoms with Gasteiger partial charge in [0.15, 0.2) is 3.79 Å². The van der Waals surface area contributed by atoms with Crippen LogP contribution in [0.1, 0.15) is 12.8 Å². The molecule has 6 heteroatoms. The van der Waals surface area contributed by atoms with Gasteiger partial charge in [-0.3, -0.25) is 4.84 Å². The van der Waals surface area contributed by atoms with E-state index in [1.165, 1.54) is 0 Å². The lowest BCUT2D eigenvalue weighted by molar-refractivity contribution is 0.401. The summed E-state index contributed by atoms with van der Waals surface area (Å²) in [6, 6.07) is 0. The van der Waals surface area contributed by atoms with Gasteiger partial charge in [-0.05, 0) is 6.42 Å². The van der Waals surface area contributed by atoms with E-state index in [4.69, 9.17) is 34.8 Å². The predicted octanol–water partition coefficient (Wildman–Crippen LogP) is 2.58. The molecule has 61 valence electrons. The van der Waals surface area contributed by atoms with E-state index in [2.05, 4.69) is 10.3 Å². The van der Waals surface area contributed by atoms with Gasteiger partial charge in [-0.25, -0.2) is 0 Å². The number of alkyl halides is 3. The second-order valence-electron chi connectivity index (χ2n) is 1.74. The lowest BCUT2D eigenvalue weighted by Gasteiger charge is -2.06. The van der Waals surface area contributed by atoms with Crippen molar-refractivity contribution in [2.45, 2.75) is 16.6 Å². The lowest BCUT2D eigenvalue weighted by Crippen LogP contribution is -2.01. The quantitative estimate of drug-likeness (QED) is 0.579. The minimum Gasteiger partial charge on any atom is -0.270 e. The van der Waals surface area contributed by atoms with E-state index in [0.717, 1.165) is 6.23 Å². The highest BCUT2D eigenvalue weighted by atomic mass is 35.6. The average Bonchev–Trinajstić information content (AvgIpc) is 2.38. The fraction of sp³-hybridized carbons (Fsp3) is 0.750. The first-order valence-corrected chi connectivity index (χ1v) is 3.57. The topological polar surface area (TPSA) is 34.5 Å². The lowest BCUT2D eigenvalue weighted by atomic mass is 10.3. The first-order valence-electron chi connectivity index (χ1n) is 2.43. The molecule has 1 N–H and O–H groups in total. The summed E-state index contributed by atoms with van der Waals surface area (Å²) in [4.78, 5) is 4.59. The molecule has 0 bridgehead atoms. The number of hydroxylamine groups is 1. The van der Waals surface area contributed by atoms with Crippen LogP contribution in [-0.2, 0) is 4.84 Å². The highest BCUT2D eigenvalue weighted by molar-refractivity contribution is 6.67. The predicted molar refractivity (Wildman–Crippen MR) is 44.2 cm³/mol. The highest BCUT2D eigenvalue weighted by Crippen LogP contribution is 2.34. The van der Waals surface area contributed by atoms with Crippen LogP contribution in [0.3, 0.4) is 0 Å². The van der Waals surface area contributed by atoms with Crippen molar-refractivity contribution in [3.8, 4) is 0 Å². The Hall–Kier alpha value is 1.08. The van der Waals surface area contributed by atoms with Crippen LogP contribution in [0.2, 0.25) is 0 Å². The summed E-state index contributed by atoms with van der Waals surface area (Å²) in [6.45, 7) is 0. The largest absolute Gasteiger partial charge is 0.270 e. The summed E-state index contributed by atoms with van der Waals surface area (Å²) in [6.07, 6.45) is 1.94. The molecular weight excluding hydrogens is 220 g/mol. The standard InChI is InChI=1S/C4H5Cl3NO.ClH/c5-4(6,7)2-1-3-8-9-3;/h8H,1-2H2;1H. The fourth-order valence-electron chi connectivity index (χ4n) is 0.393. The number of halogens is 4. The van der Waals surface area contributed by atoms with Crippen LogP contribution < -0.4 is 5.48 Å². The third-order valence-corrected chi connectivity index (χ3v) is 1.45. The molecule has 0 amide bonds. The highest BCUT2D eigenvalue weighted by Gasteiger charge is 2.29. The fourth-order valence-corrected chi connectivity index (χ4v) is 0.677. The van der Waals surface area contributed by atoms with Gasteiger partial charge in [0.25, 0.3) is 0 Å². The van der Waals surface area contributed by atoms with Crippen LogP contribution in [0.25, 0.3) is 0 Å². The Bertz CT molecular complexity index is 99.9. The molecule has 10 heavy (non-hydrogen) atoms. The van der Waals surface area contributed by atoms with Crippen LogP contribution in [0.15, 0.2) is 0 Å². The molecule has 0 aromatic heterocycles. The van der Waals surface area contributed by atoms with Crippen molar-refractivity contribution >= 4 is 47.2 Å². The Morgan fingerprint density at radius 1 is 1.40 bits per heavy atom. The normalized spacial score (nSPS) is 18.3. The van der Waals surface area contributed by atoms with Crippen LogP contribution in [0.4, 0.5) is 0 Å². The number of rotatable bonds is 2. The summed E-state index contributed by atoms with van der Waals surface area (Å²) >= 11 is 16.3. The Morgan fingerprint density at radius 3 is 2.20 bits per heavy atom. The van der Waals surface area contributed by atoms with Crippen molar-refractivity contribution in [3.05, 3.63) is 6.23 Å². The van der Waals surface area contributed by atoms with E-state index < -0.39 is 3.79 Å². The van der Waals surface area contributed by atoms with Crippen LogP contribution in [0.5, 0.6) is 0 Å². The van der Waals surface area contributed by atoms with Crippen molar-refractivity contribution < 1.29 is 4.84 Å². The van der Waals surface area contributed by atoms with Gasteiger partial charge in [0, 0.05) is 6.42 Å². The van der Waals surface area contributed by atoms with Crippen molar-refractivity contribution in [1.82, 2.24) is 5.48 Å². The van der Waals surface area contributed by atoms with Gasteiger partial charge in [0.1, 0.15) is 0 Å². The molecule has 0 unspecified atom stereocenters. The molecule has 0 aromatic carbocycles. The molecule has 1 saturated heterocycles. The first kappa shape index (κ1) is 11.1. The van der Waals surface area contributed by atoms with Gasteiger partial charge in [-0.2, -0.15) is 5.48 Å². The zero-order valence-electron chi connectivity index (χ0n) is 4.86. The van der Waals surface area contributed by atoms with Crippen molar-refractivity contribution in [3.63, 3.8) is 0 Å². The summed E-state index contributed by atoms with van der Waals surface area (Å²) in [5, 5.41) is 0. The third-order valence-electron chi connectivity index (χ3n) is 0.882. The molecule has 1 heterocycles. The maximum atomic E-state index is 5.44. The van der Waals surface area contributed by atoms with Crippen molar-refractivity contribution in [2.75, 3.05) is 0 Å². The van der Waals surface area contributed by atoms with Crippen LogP contribution in [-0.4, -0.2) is 3.79 Å². The van der Waals surface area contributed by atoms with Crippen molar-refractivity contribution in [2.24, 2.45) is 0 Å². The zero-order valence-corrected chi connectivity index (χ0v) is 7.95. The summed E-state index contributed by atoms with van der Waals surface area (Å²) in [7, 11) is 0. The summed E-state index contributed by atoms with van der Waals surface area (Å²) in [5.74, 6) is 0. The maximum Gasteiger partial charge on any atom is 0.208 e. The van der Waals surface area contributed by atoms with E-state index in [1.54, 1.807) is 0 Å². The SMILES string of the molecule is Cl.ClC(Cl)(Cl)CC[C]1NO1. The maximum absolute atomic E-state index is 5.44. The molecular formula is C4H6Cl4NO. The summed E-state index contributed by atoms with van der Waals surface area (Å²) in [5.41, 5.74) is 2.55. The molecule has 1 rings (SSSR count). The molecule has 1 aliphatic rings. The molecule has 0 saturated carbocycles. The number of nitrogens with one attached hydrogen (secondary N) is 1.